The van der Waals surface area contributed by atoms with Crippen LogP contribution >= 0.6 is 0 Å². The summed E-state index contributed by atoms with van der Waals surface area (Å²) in [5, 5.41) is 0. The molecule has 2 fully saturated rings. The van der Waals surface area contributed by atoms with Gasteiger partial charge in [-0.05, 0) is 63.7 Å². The quantitative estimate of drug-likeness (QED) is 0.680. The molecule has 2 aliphatic rings. The molecule has 0 amide bonds. The highest BCUT2D eigenvalue weighted by Crippen LogP contribution is 2.40. The summed E-state index contributed by atoms with van der Waals surface area (Å²) >= 11 is 0. The van der Waals surface area contributed by atoms with Crippen LogP contribution in [0, 0.1) is 11.8 Å². The Hall–Kier alpha value is -0.0800. The standard InChI is InChI=1S/C10H20N2/c11-8-10-7-9(10)3-6-12-4-1-2-5-12/h9-10H,1-8,11H2. The van der Waals surface area contributed by atoms with E-state index in [1.807, 2.05) is 0 Å². The van der Waals surface area contributed by atoms with Crippen LogP contribution in [-0.4, -0.2) is 31.1 Å². The molecular formula is C10H20N2. The molecule has 2 atom stereocenters. The average molecular weight is 168 g/mol. The van der Waals surface area contributed by atoms with Crippen LogP contribution in [-0.2, 0) is 0 Å². The van der Waals surface area contributed by atoms with Crippen molar-refractivity contribution in [1.82, 2.24) is 4.90 Å². The monoisotopic (exact) mass is 168 g/mol. The van der Waals surface area contributed by atoms with Crippen LogP contribution in [0.15, 0.2) is 0 Å². The summed E-state index contributed by atoms with van der Waals surface area (Å²) in [7, 11) is 0. The summed E-state index contributed by atoms with van der Waals surface area (Å²) in [5.74, 6) is 1.86. The molecule has 1 saturated carbocycles. The molecule has 2 rings (SSSR count). The molecule has 1 saturated heterocycles. The minimum absolute atomic E-state index is 0.882. The maximum absolute atomic E-state index is 5.59. The molecule has 2 heteroatoms. The van der Waals surface area contributed by atoms with Crippen molar-refractivity contribution in [3.63, 3.8) is 0 Å². The number of rotatable bonds is 4. The predicted octanol–water partition coefficient (Wildman–Crippen LogP) is 1.07. The number of nitrogens with two attached hydrogens (primary N) is 1. The van der Waals surface area contributed by atoms with Gasteiger partial charge in [0.15, 0.2) is 0 Å². The van der Waals surface area contributed by atoms with Gasteiger partial charge in [-0.3, -0.25) is 0 Å². The van der Waals surface area contributed by atoms with Crippen molar-refractivity contribution < 1.29 is 0 Å². The normalized spacial score (nSPS) is 35.8. The molecule has 0 radical (unpaired) electrons. The Morgan fingerprint density at radius 1 is 1.17 bits per heavy atom. The SMILES string of the molecule is NCC1CC1CCN1CCCC1. The molecule has 70 valence electrons. The Labute approximate surface area is 75.1 Å². The van der Waals surface area contributed by atoms with Gasteiger partial charge in [0.25, 0.3) is 0 Å². The topological polar surface area (TPSA) is 29.3 Å². The van der Waals surface area contributed by atoms with Crippen LogP contribution in [0.3, 0.4) is 0 Å². The Bertz CT molecular complexity index is 141. The Kier molecular flexibility index (Phi) is 2.66. The largest absolute Gasteiger partial charge is 0.330 e. The zero-order chi connectivity index (χ0) is 8.39. The molecule has 1 aliphatic heterocycles. The summed E-state index contributed by atoms with van der Waals surface area (Å²) in [6.07, 6.45) is 5.65. The first-order valence-corrected chi connectivity index (χ1v) is 5.32. The first kappa shape index (κ1) is 8.52. The molecule has 12 heavy (non-hydrogen) atoms. The molecule has 0 aromatic heterocycles. The van der Waals surface area contributed by atoms with Crippen molar-refractivity contribution in [2.45, 2.75) is 25.7 Å². The molecule has 0 aromatic rings. The van der Waals surface area contributed by atoms with Crippen LogP contribution in [0.5, 0.6) is 0 Å². The number of likely N-dealkylation sites (tertiary alicyclic amines) is 1. The van der Waals surface area contributed by atoms with Gasteiger partial charge in [0.2, 0.25) is 0 Å². The van der Waals surface area contributed by atoms with Crippen LogP contribution in [0.2, 0.25) is 0 Å². The molecule has 0 aromatic carbocycles. The highest BCUT2D eigenvalue weighted by Gasteiger charge is 2.35. The minimum atomic E-state index is 0.882. The van der Waals surface area contributed by atoms with Crippen LogP contribution < -0.4 is 5.73 Å². The van der Waals surface area contributed by atoms with Gasteiger partial charge >= 0.3 is 0 Å². The van der Waals surface area contributed by atoms with E-state index in [1.54, 1.807) is 0 Å². The van der Waals surface area contributed by atoms with Gasteiger partial charge in [-0.25, -0.2) is 0 Å². The highest BCUT2D eigenvalue weighted by atomic mass is 15.1. The fourth-order valence-corrected chi connectivity index (χ4v) is 2.31. The molecular weight excluding hydrogens is 148 g/mol. The van der Waals surface area contributed by atoms with Crippen molar-refractivity contribution in [1.29, 1.82) is 0 Å². The zero-order valence-corrected chi connectivity index (χ0v) is 7.84. The van der Waals surface area contributed by atoms with Gasteiger partial charge in [-0.2, -0.15) is 0 Å². The van der Waals surface area contributed by atoms with E-state index in [2.05, 4.69) is 4.90 Å². The van der Waals surface area contributed by atoms with E-state index in [0.717, 1.165) is 18.4 Å². The van der Waals surface area contributed by atoms with Gasteiger partial charge in [0.05, 0.1) is 0 Å². The first-order chi connectivity index (χ1) is 5.90. The van der Waals surface area contributed by atoms with Crippen LogP contribution in [0.4, 0.5) is 0 Å². The minimum Gasteiger partial charge on any atom is -0.330 e. The van der Waals surface area contributed by atoms with Gasteiger partial charge in [0, 0.05) is 0 Å². The van der Waals surface area contributed by atoms with E-state index >= 15 is 0 Å². The van der Waals surface area contributed by atoms with Gasteiger partial charge < -0.3 is 10.6 Å². The molecule has 1 aliphatic carbocycles. The lowest BCUT2D eigenvalue weighted by atomic mass is 10.2. The van der Waals surface area contributed by atoms with Crippen molar-refractivity contribution in [2.75, 3.05) is 26.2 Å². The third kappa shape index (κ3) is 1.99. The smallest absolute Gasteiger partial charge is 0.00160 e. The fraction of sp³-hybridized carbons (Fsp3) is 1.00. The maximum Gasteiger partial charge on any atom is -0.00160 e. The second kappa shape index (κ2) is 3.75. The van der Waals surface area contributed by atoms with Crippen molar-refractivity contribution in [3.8, 4) is 0 Å². The second-order valence-electron chi connectivity index (χ2n) is 4.33. The van der Waals surface area contributed by atoms with Gasteiger partial charge in [-0.1, -0.05) is 0 Å². The third-order valence-corrected chi connectivity index (χ3v) is 3.39. The summed E-state index contributed by atoms with van der Waals surface area (Å²) < 4.78 is 0. The summed E-state index contributed by atoms with van der Waals surface area (Å²) in [6.45, 7) is 4.95. The number of nitrogens with zero attached hydrogens (tertiary/aromatic N) is 1. The fourth-order valence-electron chi connectivity index (χ4n) is 2.31. The molecule has 2 unspecified atom stereocenters. The second-order valence-corrected chi connectivity index (χ2v) is 4.33. The van der Waals surface area contributed by atoms with E-state index in [4.69, 9.17) is 5.73 Å². The van der Waals surface area contributed by atoms with E-state index in [0.29, 0.717) is 0 Å². The molecule has 1 heterocycles. The number of hydrogen-bond acceptors (Lipinski definition) is 2. The van der Waals surface area contributed by atoms with E-state index in [1.165, 1.54) is 45.3 Å². The van der Waals surface area contributed by atoms with E-state index < -0.39 is 0 Å². The molecule has 2 nitrogen and oxygen atoms in total. The number of hydrogen-bond donors (Lipinski definition) is 1. The van der Waals surface area contributed by atoms with Crippen molar-refractivity contribution in [2.24, 2.45) is 17.6 Å². The van der Waals surface area contributed by atoms with Crippen molar-refractivity contribution in [3.05, 3.63) is 0 Å². The zero-order valence-electron chi connectivity index (χ0n) is 7.84. The van der Waals surface area contributed by atoms with Gasteiger partial charge in [0.1, 0.15) is 0 Å². The molecule has 0 spiro atoms. The molecule has 2 N–H and O–H groups in total. The Morgan fingerprint density at radius 3 is 2.50 bits per heavy atom. The van der Waals surface area contributed by atoms with Gasteiger partial charge in [-0.15, -0.1) is 0 Å². The lowest BCUT2D eigenvalue weighted by molar-refractivity contribution is 0.323. The average Bonchev–Trinajstić information content (AvgIpc) is 2.67. The molecule has 0 bridgehead atoms. The van der Waals surface area contributed by atoms with E-state index in [9.17, 15) is 0 Å². The van der Waals surface area contributed by atoms with Crippen molar-refractivity contribution >= 4 is 0 Å². The summed E-state index contributed by atoms with van der Waals surface area (Å²) in [6, 6.07) is 0. The lowest BCUT2D eigenvalue weighted by Gasteiger charge is -2.13. The highest BCUT2D eigenvalue weighted by molar-refractivity contribution is 4.87. The predicted molar refractivity (Wildman–Crippen MR) is 50.9 cm³/mol. The van der Waals surface area contributed by atoms with E-state index in [-0.39, 0.29) is 0 Å². The summed E-state index contributed by atoms with van der Waals surface area (Å²) in [5.41, 5.74) is 5.59. The lowest BCUT2D eigenvalue weighted by Crippen LogP contribution is -2.21. The van der Waals surface area contributed by atoms with Crippen LogP contribution in [0.1, 0.15) is 25.7 Å². The first-order valence-electron chi connectivity index (χ1n) is 5.32. The Morgan fingerprint density at radius 2 is 1.92 bits per heavy atom. The van der Waals surface area contributed by atoms with Crippen LogP contribution in [0.25, 0.3) is 0 Å². The third-order valence-electron chi connectivity index (χ3n) is 3.39. The summed E-state index contributed by atoms with van der Waals surface area (Å²) in [4.78, 5) is 2.60. The maximum atomic E-state index is 5.59. The Balaban J connectivity index is 1.57.